The molecule has 1 aromatic heterocycles. The summed E-state index contributed by atoms with van der Waals surface area (Å²) < 4.78 is 0. The Hall–Kier alpha value is -0.900. The molecule has 0 bridgehead atoms. The van der Waals surface area contributed by atoms with Crippen LogP contribution in [0.1, 0.15) is 40.7 Å². The van der Waals surface area contributed by atoms with Crippen molar-refractivity contribution < 1.29 is 0 Å². The van der Waals surface area contributed by atoms with Gasteiger partial charge in [0, 0.05) is 22.1 Å². The van der Waals surface area contributed by atoms with Gasteiger partial charge in [-0.05, 0) is 43.9 Å². The van der Waals surface area contributed by atoms with Crippen molar-refractivity contribution in [2.24, 2.45) is 0 Å². The van der Waals surface area contributed by atoms with Crippen LogP contribution in [0.3, 0.4) is 0 Å². The Morgan fingerprint density at radius 2 is 2.16 bits per heavy atom. The second-order valence-electron chi connectivity index (χ2n) is 5.21. The van der Waals surface area contributed by atoms with Crippen molar-refractivity contribution in [3.05, 3.63) is 50.4 Å². The first-order chi connectivity index (χ1) is 9.13. The lowest BCUT2D eigenvalue weighted by atomic mass is 10.1. The summed E-state index contributed by atoms with van der Waals surface area (Å²) in [7, 11) is 0. The quantitative estimate of drug-likeness (QED) is 0.911. The first-order valence-electron chi connectivity index (χ1n) is 6.57. The molecule has 2 aromatic rings. The second-order valence-corrected chi connectivity index (χ2v) is 6.51. The molecule has 100 valence electrons. The van der Waals surface area contributed by atoms with Crippen LogP contribution in [0.4, 0.5) is 0 Å². The number of hydrogen-bond acceptors (Lipinski definition) is 3. The SMILES string of the molecule is Cc1csc(C(NC2CC2)c2ccc(C)c(Cl)c2)n1. The fourth-order valence-electron chi connectivity index (χ4n) is 2.09. The van der Waals surface area contributed by atoms with Crippen molar-refractivity contribution in [3.8, 4) is 0 Å². The van der Waals surface area contributed by atoms with Crippen LogP contribution in [0.15, 0.2) is 23.6 Å². The first kappa shape index (κ1) is 13.1. The number of nitrogens with zero attached hydrogens (tertiary/aromatic N) is 1. The van der Waals surface area contributed by atoms with Gasteiger partial charge in [-0.2, -0.15) is 0 Å². The maximum absolute atomic E-state index is 6.26. The van der Waals surface area contributed by atoms with E-state index in [9.17, 15) is 0 Å². The first-order valence-corrected chi connectivity index (χ1v) is 7.83. The topological polar surface area (TPSA) is 24.9 Å². The molecule has 1 aliphatic rings. The number of aromatic nitrogens is 1. The van der Waals surface area contributed by atoms with E-state index in [2.05, 4.69) is 33.9 Å². The Balaban J connectivity index is 1.95. The normalized spacial score (nSPS) is 16.6. The van der Waals surface area contributed by atoms with Crippen molar-refractivity contribution in [3.63, 3.8) is 0 Å². The van der Waals surface area contributed by atoms with Gasteiger partial charge in [0.1, 0.15) is 5.01 Å². The molecule has 19 heavy (non-hydrogen) atoms. The Morgan fingerprint density at radius 3 is 2.74 bits per heavy atom. The molecule has 1 atom stereocenters. The summed E-state index contributed by atoms with van der Waals surface area (Å²) >= 11 is 7.97. The van der Waals surface area contributed by atoms with Crippen LogP contribution < -0.4 is 5.32 Å². The average Bonchev–Trinajstić information content (AvgIpc) is 3.11. The molecule has 2 nitrogen and oxygen atoms in total. The standard InChI is InChI=1S/C15H17ClN2S/c1-9-3-4-11(7-13(9)16)14(18-12-5-6-12)15-17-10(2)8-19-15/h3-4,7-8,12,14,18H,5-6H2,1-2H3. The zero-order chi connectivity index (χ0) is 13.4. The molecule has 4 heteroatoms. The highest BCUT2D eigenvalue weighted by Crippen LogP contribution is 2.32. The Kier molecular flexibility index (Phi) is 3.61. The minimum atomic E-state index is 0.171. The summed E-state index contributed by atoms with van der Waals surface area (Å²) in [6.45, 7) is 4.07. The summed E-state index contributed by atoms with van der Waals surface area (Å²) in [5.74, 6) is 0. The molecule has 1 heterocycles. The monoisotopic (exact) mass is 292 g/mol. The zero-order valence-electron chi connectivity index (χ0n) is 11.1. The number of thiazole rings is 1. The van der Waals surface area contributed by atoms with E-state index in [-0.39, 0.29) is 6.04 Å². The van der Waals surface area contributed by atoms with E-state index in [4.69, 9.17) is 11.6 Å². The number of rotatable bonds is 4. The van der Waals surface area contributed by atoms with E-state index in [1.54, 1.807) is 11.3 Å². The maximum atomic E-state index is 6.26. The molecule has 1 N–H and O–H groups in total. The predicted molar refractivity (Wildman–Crippen MR) is 81.0 cm³/mol. The molecule has 1 saturated carbocycles. The van der Waals surface area contributed by atoms with Crippen molar-refractivity contribution in [2.45, 2.75) is 38.8 Å². The fourth-order valence-corrected chi connectivity index (χ4v) is 3.16. The van der Waals surface area contributed by atoms with Gasteiger partial charge in [-0.1, -0.05) is 23.7 Å². The predicted octanol–water partition coefficient (Wildman–Crippen LogP) is 4.25. The fraction of sp³-hybridized carbons (Fsp3) is 0.400. The molecule has 3 rings (SSSR count). The summed E-state index contributed by atoms with van der Waals surface area (Å²) in [5, 5.41) is 7.73. The number of benzene rings is 1. The van der Waals surface area contributed by atoms with Crippen molar-refractivity contribution in [1.82, 2.24) is 10.3 Å². The molecule has 1 aliphatic carbocycles. The van der Waals surface area contributed by atoms with Crippen molar-refractivity contribution in [2.75, 3.05) is 0 Å². The van der Waals surface area contributed by atoms with Crippen LogP contribution in [-0.2, 0) is 0 Å². The highest BCUT2D eigenvalue weighted by molar-refractivity contribution is 7.09. The Morgan fingerprint density at radius 1 is 1.37 bits per heavy atom. The molecule has 1 aromatic carbocycles. The molecule has 1 fully saturated rings. The van der Waals surface area contributed by atoms with Crippen LogP contribution >= 0.6 is 22.9 Å². The summed E-state index contributed by atoms with van der Waals surface area (Å²) in [4.78, 5) is 4.63. The number of halogens is 1. The van der Waals surface area contributed by atoms with Gasteiger partial charge >= 0.3 is 0 Å². The van der Waals surface area contributed by atoms with E-state index >= 15 is 0 Å². The minimum absolute atomic E-state index is 0.171. The van der Waals surface area contributed by atoms with Gasteiger partial charge in [-0.15, -0.1) is 11.3 Å². The third-order valence-electron chi connectivity index (χ3n) is 3.39. The summed E-state index contributed by atoms with van der Waals surface area (Å²) in [5.41, 5.74) is 3.41. The van der Waals surface area contributed by atoms with E-state index in [1.165, 1.54) is 18.4 Å². The molecule has 1 unspecified atom stereocenters. The van der Waals surface area contributed by atoms with Crippen LogP contribution in [0.5, 0.6) is 0 Å². The summed E-state index contributed by atoms with van der Waals surface area (Å²) in [6, 6.07) is 7.10. The molecular weight excluding hydrogens is 276 g/mol. The third kappa shape index (κ3) is 2.99. The molecule has 0 aliphatic heterocycles. The second kappa shape index (κ2) is 5.23. The molecule has 0 spiro atoms. The van der Waals surface area contributed by atoms with E-state index in [0.29, 0.717) is 6.04 Å². The lowest BCUT2D eigenvalue weighted by molar-refractivity contribution is 0.597. The van der Waals surface area contributed by atoms with Gasteiger partial charge in [0.25, 0.3) is 0 Å². The van der Waals surface area contributed by atoms with Crippen LogP contribution in [0.2, 0.25) is 5.02 Å². The lowest BCUT2D eigenvalue weighted by Gasteiger charge is -2.17. The Labute approximate surface area is 122 Å². The number of aryl methyl sites for hydroxylation is 2. The highest BCUT2D eigenvalue weighted by Gasteiger charge is 2.28. The van der Waals surface area contributed by atoms with Crippen LogP contribution in [0.25, 0.3) is 0 Å². The van der Waals surface area contributed by atoms with Gasteiger partial charge < -0.3 is 5.32 Å². The van der Waals surface area contributed by atoms with E-state index < -0.39 is 0 Å². The van der Waals surface area contributed by atoms with Crippen molar-refractivity contribution in [1.29, 1.82) is 0 Å². The molecular formula is C15H17ClN2S. The lowest BCUT2D eigenvalue weighted by Crippen LogP contribution is -2.24. The molecule has 0 saturated heterocycles. The van der Waals surface area contributed by atoms with Gasteiger partial charge in [0.05, 0.1) is 6.04 Å². The van der Waals surface area contributed by atoms with Gasteiger partial charge in [-0.25, -0.2) is 4.98 Å². The average molecular weight is 293 g/mol. The Bertz CT molecular complexity index is 590. The molecule has 0 amide bonds. The minimum Gasteiger partial charge on any atom is -0.301 e. The van der Waals surface area contributed by atoms with E-state index in [0.717, 1.165) is 21.3 Å². The maximum Gasteiger partial charge on any atom is 0.114 e. The largest absolute Gasteiger partial charge is 0.301 e. The molecule has 0 radical (unpaired) electrons. The number of hydrogen-bond donors (Lipinski definition) is 1. The van der Waals surface area contributed by atoms with Gasteiger partial charge in [0.2, 0.25) is 0 Å². The highest BCUT2D eigenvalue weighted by atomic mass is 35.5. The van der Waals surface area contributed by atoms with Gasteiger partial charge in [0.15, 0.2) is 0 Å². The van der Waals surface area contributed by atoms with E-state index in [1.807, 2.05) is 13.8 Å². The summed E-state index contributed by atoms with van der Waals surface area (Å²) in [6.07, 6.45) is 2.53. The number of nitrogens with one attached hydrogen (secondary N) is 1. The van der Waals surface area contributed by atoms with Gasteiger partial charge in [-0.3, -0.25) is 0 Å². The zero-order valence-corrected chi connectivity index (χ0v) is 12.7. The smallest absolute Gasteiger partial charge is 0.114 e. The van der Waals surface area contributed by atoms with Crippen LogP contribution in [0, 0.1) is 13.8 Å². The third-order valence-corrected chi connectivity index (χ3v) is 4.83. The van der Waals surface area contributed by atoms with Crippen molar-refractivity contribution >= 4 is 22.9 Å². The van der Waals surface area contributed by atoms with Crippen LogP contribution in [-0.4, -0.2) is 11.0 Å².